The van der Waals surface area contributed by atoms with Gasteiger partial charge in [-0.25, -0.2) is 0 Å². The maximum absolute atomic E-state index is 3.53. The summed E-state index contributed by atoms with van der Waals surface area (Å²) in [5, 5.41) is 5.68. The molecule has 1 atom stereocenters. The van der Waals surface area contributed by atoms with E-state index in [0.29, 0.717) is 6.04 Å². The Hall–Kier alpha value is 0.1000. The monoisotopic (exact) mass is 288 g/mol. The highest BCUT2D eigenvalue weighted by Crippen LogP contribution is 2.21. The molecule has 2 heterocycles. The Kier molecular flexibility index (Phi) is 4.20. The molecule has 1 N–H and O–H groups in total. The Morgan fingerprint density at radius 1 is 1.67 bits per heavy atom. The molecule has 0 aliphatic carbocycles. The maximum Gasteiger partial charge on any atom is 0.0325 e. The van der Waals surface area contributed by atoms with Crippen molar-refractivity contribution in [2.75, 3.05) is 20.1 Å². The molecule has 15 heavy (non-hydrogen) atoms. The first kappa shape index (κ1) is 11.6. The van der Waals surface area contributed by atoms with Crippen LogP contribution in [0, 0.1) is 0 Å². The van der Waals surface area contributed by atoms with Crippen LogP contribution in [0.5, 0.6) is 0 Å². The van der Waals surface area contributed by atoms with Gasteiger partial charge in [0.2, 0.25) is 0 Å². The molecule has 0 saturated carbocycles. The molecule has 0 spiro atoms. The summed E-state index contributed by atoms with van der Waals surface area (Å²) in [6, 6.07) is 2.92. The van der Waals surface area contributed by atoms with E-state index in [1.54, 1.807) is 0 Å². The van der Waals surface area contributed by atoms with Gasteiger partial charge >= 0.3 is 0 Å². The molecule has 0 amide bonds. The van der Waals surface area contributed by atoms with E-state index in [2.05, 4.69) is 44.6 Å². The Balaban J connectivity index is 1.78. The highest BCUT2D eigenvalue weighted by molar-refractivity contribution is 9.10. The van der Waals surface area contributed by atoms with Crippen LogP contribution >= 0.6 is 27.3 Å². The van der Waals surface area contributed by atoms with E-state index in [4.69, 9.17) is 0 Å². The standard InChI is InChI=1S/C11H17BrN2S/c1-14(6-10-3-2-4-13-10)7-11-5-9(12)8-15-11/h5,8,10,13H,2-4,6-7H2,1H3/t10-/m0/s1. The van der Waals surface area contributed by atoms with E-state index in [1.165, 1.54) is 28.7 Å². The number of nitrogens with zero attached hydrogens (tertiary/aromatic N) is 1. The SMILES string of the molecule is CN(Cc1cc(Br)cs1)C[C@@H]1CCCN1. The van der Waals surface area contributed by atoms with Gasteiger partial charge in [0.1, 0.15) is 0 Å². The summed E-state index contributed by atoms with van der Waals surface area (Å²) in [6.45, 7) is 3.42. The van der Waals surface area contributed by atoms with Gasteiger partial charge in [-0.2, -0.15) is 0 Å². The molecule has 2 nitrogen and oxygen atoms in total. The van der Waals surface area contributed by atoms with Gasteiger partial charge in [-0.1, -0.05) is 0 Å². The van der Waals surface area contributed by atoms with E-state index in [0.717, 1.165) is 13.1 Å². The van der Waals surface area contributed by atoms with Crippen molar-refractivity contribution in [2.24, 2.45) is 0 Å². The van der Waals surface area contributed by atoms with Crippen LogP contribution < -0.4 is 5.32 Å². The zero-order chi connectivity index (χ0) is 10.7. The molecule has 0 radical (unpaired) electrons. The van der Waals surface area contributed by atoms with Crippen molar-refractivity contribution < 1.29 is 0 Å². The van der Waals surface area contributed by atoms with E-state index < -0.39 is 0 Å². The first-order valence-electron chi connectivity index (χ1n) is 5.39. The molecular weight excluding hydrogens is 272 g/mol. The Labute approximate surface area is 104 Å². The van der Waals surface area contributed by atoms with E-state index in [-0.39, 0.29) is 0 Å². The van der Waals surface area contributed by atoms with Crippen LogP contribution in [0.25, 0.3) is 0 Å². The topological polar surface area (TPSA) is 15.3 Å². The summed E-state index contributed by atoms with van der Waals surface area (Å²) in [7, 11) is 2.20. The summed E-state index contributed by atoms with van der Waals surface area (Å²) in [5.41, 5.74) is 0. The predicted molar refractivity (Wildman–Crippen MR) is 69.4 cm³/mol. The maximum atomic E-state index is 3.53. The summed E-state index contributed by atoms with van der Waals surface area (Å²) >= 11 is 5.32. The van der Waals surface area contributed by atoms with Crippen molar-refractivity contribution in [1.82, 2.24) is 10.2 Å². The number of halogens is 1. The average molecular weight is 289 g/mol. The molecule has 0 unspecified atom stereocenters. The van der Waals surface area contributed by atoms with Crippen molar-refractivity contribution in [1.29, 1.82) is 0 Å². The fraction of sp³-hybridized carbons (Fsp3) is 0.636. The van der Waals surface area contributed by atoms with Crippen molar-refractivity contribution in [2.45, 2.75) is 25.4 Å². The average Bonchev–Trinajstić information content (AvgIpc) is 2.77. The lowest BCUT2D eigenvalue weighted by atomic mass is 10.2. The van der Waals surface area contributed by atoms with Crippen LogP contribution in [0.15, 0.2) is 15.9 Å². The summed E-state index contributed by atoms with van der Waals surface area (Å²) < 4.78 is 1.20. The van der Waals surface area contributed by atoms with Gasteiger partial charge in [0.05, 0.1) is 0 Å². The molecule has 1 aromatic heterocycles. The summed E-state index contributed by atoms with van der Waals surface area (Å²) in [6.07, 6.45) is 2.67. The highest BCUT2D eigenvalue weighted by Gasteiger charge is 2.15. The molecule has 1 aromatic rings. The number of hydrogen-bond donors (Lipinski definition) is 1. The van der Waals surface area contributed by atoms with Gasteiger partial charge in [0.15, 0.2) is 0 Å². The molecule has 0 bridgehead atoms. The van der Waals surface area contributed by atoms with Crippen molar-refractivity contribution in [3.63, 3.8) is 0 Å². The van der Waals surface area contributed by atoms with Gasteiger partial charge in [-0.15, -0.1) is 11.3 Å². The minimum absolute atomic E-state index is 0.707. The zero-order valence-electron chi connectivity index (χ0n) is 9.00. The van der Waals surface area contributed by atoms with Gasteiger partial charge in [0.25, 0.3) is 0 Å². The Morgan fingerprint density at radius 2 is 2.53 bits per heavy atom. The Bertz CT molecular complexity index is 307. The molecule has 1 aliphatic heterocycles. The molecule has 1 aliphatic rings. The predicted octanol–water partition coefficient (Wildman–Crippen LogP) is 2.69. The van der Waals surface area contributed by atoms with Crippen molar-refractivity contribution in [3.05, 3.63) is 20.8 Å². The van der Waals surface area contributed by atoms with Crippen LogP contribution in [-0.4, -0.2) is 31.1 Å². The molecular formula is C11H17BrN2S. The second-order valence-corrected chi connectivity index (χ2v) is 6.13. The number of thiophene rings is 1. The van der Waals surface area contributed by atoms with E-state index in [9.17, 15) is 0 Å². The summed E-state index contributed by atoms with van der Waals surface area (Å²) in [5.74, 6) is 0. The molecule has 1 saturated heterocycles. The van der Waals surface area contributed by atoms with Crippen molar-refractivity contribution >= 4 is 27.3 Å². The van der Waals surface area contributed by atoms with Crippen LogP contribution in [0.4, 0.5) is 0 Å². The van der Waals surface area contributed by atoms with Gasteiger partial charge < -0.3 is 5.32 Å². The third-order valence-corrected chi connectivity index (χ3v) is 4.42. The van der Waals surface area contributed by atoms with Crippen LogP contribution in [0.1, 0.15) is 17.7 Å². The molecule has 0 aromatic carbocycles. The van der Waals surface area contributed by atoms with Gasteiger partial charge in [-0.05, 0) is 48.4 Å². The first-order valence-corrected chi connectivity index (χ1v) is 7.06. The van der Waals surface area contributed by atoms with E-state index in [1.807, 2.05) is 11.3 Å². The lowest BCUT2D eigenvalue weighted by Gasteiger charge is -2.20. The number of nitrogens with one attached hydrogen (secondary N) is 1. The lowest BCUT2D eigenvalue weighted by Crippen LogP contribution is -2.34. The number of likely N-dealkylation sites (N-methyl/N-ethyl adjacent to an activating group) is 1. The lowest BCUT2D eigenvalue weighted by molar-refractivity contribution is 0.295. The zero-order valence-corrected chi connectivity index (χ0v) is 11.4. The first-order chi connectivity index (χ1) is 7.24. The minimum atomic E-state index is 0.707. The molecule has 2 rings (SSSR count). The minimum Gasteiger partial charge on any atom is -0.313 e. The van der Waals surface area contributed by atoms with Crippen molar-refractivity contribution in [3.8, 4) is 0 Å². The normalized spacial score (nSPS) is 21.4. The van der Waals surface area contributed by atoms with Gasteiger partial charge in [0, 0.05) is 33.9 Å². The molecule has 84 valence electrons. The summed E-state index contributed by atoms with van der Waals surface area (Å²) in [4.78, 5) is 3.84. The molecule has 1 fully saturated rings. The van der Waals surface area contributed by atoms with Crippen LogP contribution in [-0.2, 0) is 6.54 Å². The smallest absolute Gasteiger partial charge is 0.0325 e. The molecule has 4 heteroatoms. The fourth-order valence-corrected chi connectivity index (χ4v) is 3.59. The van der Waals surface area contributed by atoms with Crippen LogP contribution in [0.3, 0.4) is 0 Å². The second-order valence-electron chi connectivity index (χ2n) is 4.22. The second kappa shape index (κ2) is 5.43. The van der Waals surface area contributed by atoms with E-state index >= 15 is 0 Å². The number of rotatable bonds is 4. The third-order valence-electron chi connectivity index (χ3n) is 2.74. The Morgan fingerprint density at radius 3 is 3.13 bits per heavy atom. The fourth-order valence-electron chi connectivity index (χ4n) is 2.06. The van der Waals surface area contributed by atoms with Crippen LogP contribution in [0.2, 0.25) is 0 Å². The third kappa shape index (κ3) is 3.55. The van der Waals surface area contributed by atoms with Gasteiger partial charge in [-0.3, -0.25) is 4.90 Å². The highest BCUT2D eigenvalue weighted by atomic mass is 79.9. The number of hydrogen-bond acceptors (Lipinski definition) is 3. The quantitative estimate of drug-likeness (QED) is 0.917. The largest absolute Gasteiger partial charge is 0.313 e.